The molecule has 6 heteroatoms. The summed E-state index contributed by atoms with van der Waals surface area (Å²) in [6.07, 6.45) is 0. The third-order valence-corrected chi connectivity index (χ3v) is 1.94. The zero-order chi connectivity index (χ0) is 9.46. The van der Waals surface area contributed by atoms with E-state index < -0.39 is 33.2 Å². The molecule has 1 aromatic carbocycles. The van der Waals surface area contributed by atoms with Gasteiger partial charge in [0.25, 0.3) is 0 Å². The van der Waals surface area contributed by atoms with Crippen LogP contribution in [0.25, 0.3) is 0 Å². The molecule has 0 aliphatic carbocycles. The van der Waals surface area contributed by atoms with Gasteiger partial charge in [-0.2, -0.15) is 0 Å². The maximum Gasteiger partial charge on any atom is 0.175 e. The van der Waals surface area contributed by atoms with Gasteiger partial charge in [0.2, 0.25) is 0 Å². The number of benzene rings is 1. The van der Waals surface area contributed by atoms with Gasteiger partial charge < -0.3 is 0 Å². The quantitative estimate of drug-likeness (QED) is 0.280. The lowest BCUT2D eigenvalue weighted by Gasteiger charge is -2.03. The van der Waals surface area contributed by atoms with Gasteiger partial charge in [0.1, 0.15) is 7.85 Å². The summed E-state index contributed by atoms with van der Waals surface area (Å²) in [5, 5.41) is 0. The Bertz CT molecular complexity index is 234. The van der Waals surface area contributed by atoms with Crippen LogP contribution in [0, 0.1) is 23.3 Å². The van der Waals surface area contributed by atoms with Crippen molar-refractivity contribution in [3.8, 4) is 0 Å². The van der Waals surface area contributed by atoms with Gasteiger partial charge >= 0.3 is 0 Å². The number of halogens is 5. The summed E-state index contributed by atoms with van der Waals surface area (Å²) >= 11 is 2.33. The normalized spacial score (nSPS) is 10.4. The second kappa shape index (κ2) is 3.09. The monoisotopic (exact) mass is 238 g/mol. The van der Waals surface area contributed by atoms with Crippen molar-refractivity contribution in [3.05, 3.63) is 27.7 Å². The lowest BCUT2D eigenvalue weighted by molar-refractivity contribution is 0.455. The summed E-state index contributed by atoms with van der Waals surface area (Å²) in [5.41, 5.74) is -1.16. The molecule has 0 atom stereocenters. The summed E-state index contributed by atoms with van der Waals surface area (Å²) in [6, 6.07) is 0. The van der Waals surface area contributed by atoms with E-state index in [0.717, 1.165) is 0 Å². The molecule has 0 N–H and O–H groups in total. The van der Waals surface area contributed by atoms with E-state index in [4.69, 9.17) is 7.85 Å². The molecule has 0 saturated carbocycles. The van der Waals surface area contributed by atoms with Crippen LogP contribution < -0.4 is 5.46 Å². The third-order valence-electron chi connectivity index (χ3n) is 1.24. The Labute approximate surface area is 75.1 Å². The van der Waals surface area contributed by atoms with E-state index in [1.165, 1.54) is 0 Å². The molecule has 0 fully saturated rings. The van der Waals surface area contributed by atoms with E-state index in [1.54, 1.807) is 0 Å². The van der Waals surface area contributed by atoms with Crippen molar-refractivity contribution in [1.82, 2.24) is 0 Å². The van der Waals surface area contributed by atoms with Crippen molar-refractivity contribution in [2.24, 2.45) is 0 Å². The number of hydrogen-bond donors (Lipinski definition) is 0. The van der Waals surface area contributed by atoms with Crippen LogP contribution in [0.4, 0.5) is 17.6 Å². The van der Waals surface area contributed by atoms with Gasteiger partial charge in [0.05, 0.1) is 4.47 Å². The smallest absolute Gasteiger partial charge is 0.175 e. The lowest BCUT2D eigenvalue weighted by atomic mass is 9.94. The van der Waals surface area contributed by atoms with E-state index in [0.29, 0.717) is 0 Å². The molecule has 0 saturated heterocycles. The fourth-order valence-corrected chi connectivity index (χ4v) is 0.970. The first kappa shape index (κ1) is 9.57. The van der Waals surface area contributed by atoms with Crippen LogP contribution >= 0.6 is 15.9 Å². The van der Waals surface area contributed by atoms with Crippen molar-refractivity contribution >= 4 is 29.2 Å². The second-order valence-electron chi connectivity index (χ2n) is 1.98. The Hall–Kier alpha value is -0.515. The van der Waals surface area contributed by atoms with Gasteiger partial charge in [0.15, 0.2) is 23.3 Å². The molecule has 0 nitrogen and oxygen atoms in total. The standard InChI is InChI=1S/C6BBrF4/c7-1-3(9)5(11)2(8)6(12)4(1)10. The Morgan fingerprint density at radius 3 is 1.50 bits per heavy atom. The van der Waals surface area contributed by atoms with E-state index in [2.05, 4.69) is 15.9 Å². The molecule has 0 heterocycles. The van der Waals surface area contributed by atoms with E-state index in [-0.39, 0.29) is 0 Å². The van der Waals surface area contributed by atoms with Gasteiger partial charge in [0, 0.05) is 0 Å². The summed E-state index contributed by atoms with van der Waals surface area (Å²) in [7, 11) is 4.70. The minimum Gasteiger partial charge on any atom is -0.204 e. The maximum absolute atomic E-state index is 12.5. The summed E-state index contributed by atoms with van der Waals surface area (Å²) in [5.74, 6) is -6.26. The average Bonchev–Trinajstić information content (AvgIpc) is 2.08. The Kier molecular flexibility index (Phi) is 2.46. The van der Waals surface area contributed by atoms with Crippen LogP contribution in [0.1, 0.15) is 0 Å². The number of rotatable bonds is 0. The molecule has 12 heavy (non-hydrogen) atoms. The molecule has 0 aromatic heterocycles. The van der Waals surface area contributed by atoms with Crippen LogP contribution in [0.5, 0.6) is 0 Å². The van der Waals surface area contributed by atoms with Crippen LogP contribution in [0.15, 0.2) is 4.47 Å². The molecule has 62 valence electrons. The molecule has 0 amide bonds. The molecule has 1 rings (SSSR count). The first-order chi connectivity index (χ1) is 5.46. The molecular formula is C6BBrF4. The molecule has 1 aromatic rings. The molecule has 0 bridgehead atoms. The zero-order valence-electron chi connectivity index (χ0n) is 5.47. The zero-order valence-corrected chi connectivity index (χ0v) is 7.05. The molecule has 0 unspecified atom stereocenters. The predicted octanol–water partition coefficient (Wildman–Crippen LogP) is 1.80. The van der Waals surface area contributed by atoms with Crippen molar-refractivity contribution in [1.29, 1.82) is 0 Å². The minimum absolute atomic E-state index is 0.897. The summed E-state index contributed by atoms with van der Waals surface area (Å²) in [6.45, 7) is 0. The van der Waals surface area contributed by atoms with Crippen molar-refractivity contribution in [2.75, 3.05) is 0 Å². The molecule has 0 spiro atoms. The first-order valence-electron chi connectivity index (χ1n) is 2.73. The van der Waals surface area contributed by atoms with Crippen LogP contribution in [0.3, 0.4) is 0 Å². The van der Waals surface area contributed by atoms with Gasteiger partial charge in [-0.3, -0.25) is 0 Å². The fourth-order valence-electron chi connectivity index (χ4n) is 0.622. The Morgan fingerprint density at radius 1 is 0.833 bits per heavy atom. The molecule has 2 radical (unpaired) electrons. The van der Waals surface area contributed by atoms with Crippen LogP contribution in [0.2, 0.25) is 0 Å². The van der Waals surface area contributed by atoms with Gasteiger partial charge in [-0.05, 0) is 21.4 Å². The number of hydrogen-bond acceptors (Lipinski definition) is 0. The highest BCUT2D eigenvalue weighted by Gasteiger charge is 2.20. The minimum atomic E-state index is -1.60. The second-order valence-corrected chi connectivity index (χ2v) is 2.78. The largest absolute Gasteiger partial charge is 0.204 e. The highest BCUT2D eigenvalue weighted by atomic mass is 79.9. The van der Waals surface area contributed by atoms with E-state index in [1.807, 2.05) is 0 Å². The van der Waals surface area contributed by atoms with Crippen molar-refractivity contribution in [3.63, 3.8) is 0 Å². The summed E-state index contributed by atoms with van der Waals surface area (Å²) < 4.78 is 49.1. The van der Waals surface area contributed by atoms with Crippen LogP contribution in [-0.4, -0.2) is 7.85 Å². The van der Waals surface area contributed by atoms with Gasteiger partial charge in [-0.25, -0.2) is 17.6 Å². The summed E-state index contributed by atoms with van der Waals surface area (Å²) in [4.78, 5) is 0. The van der Waals surface area contributed by atoms with Crippen LogP contribution in [-0.2, 0) is 0 Å². The Balaban J connectivity index is 3.60. The van der Waals surface area contributed by atoms with Crippen molar-refractivity contribution in [2.45, 2.75) is 0 Å². The highest BCUT2D eigenvalue weighted by Crippen LogP contribution is 2.22. The maximum atomic E-state index is 12.5. The van der Waals surface area contributed by atoms with Gasteiger partial charge in [-0.1, -0.05) is 0 Å². The fraction of sp³-hybridized carbons (Fsp3) is 0. The SMILES string of the molecule is [B]c1c(F)c(F)c(Br)c(F)c1F. The topological polar surface area (TPSA) is 0 Å². The Morgan fingerprint density at radius 2 is 1.17 bits per heavy atom. The van der Waals surface area contributed by atoms with E-state index >= 15 is 0 Å². The third kappa shape index (κ3) is 1.24. The average molecular weight is 239 g/mol. The highest BCUT2D eigenvalue weighted by molar-refractivity contribution is 9.10. The van der Waals surface area contributed by atoms with Crippen molar-refractivity contribution < 1.29 is 17.6 Å². The van der Waals surface area contributed by atoms with Gasteiger partial charge in [-0.15, -0.1) is 0 Å². The first-order valence-corrected chi connectivity index (χ1v) is 3.53. The lowest BCUT2D eigenvalue weighted by Crippen LogP contribution is -2.19. The molecular weight excluding hydrogens is 239 g/mol. The molecule has 0 aliphatic rings. The van der Waals surface area contributed by atoms with E-state index in [9.17, 15) is 17.6 Å². The molecule has 0 aliphatic heterocycles. The predicted molar refractivity (Wildman–Crippen MR) is 39.4 cm³/mol.